The average Bonchev–Trinajstić information content (AvgIpc) is 2.48. The van der Waals surface area contributed by atoms with Crippen molar-refractivity contribution in [2.24, 2.45) is 5.73 Å². The Morgan fingerprint density at radius 2 is 1.77 bits per heavy atom. The molecule has 0 bridgehead atoms. The number of hydrogen-bond acceptors (Lipinski definition) is 5. The Morgan fingerprint density at radius 1 is 1.14 bits per heavy atom. The normalized spacial score (nSPS) is 12.5. The first-order valence-electron chi connectivity index (χ1n) is 6.46. The van der Waals surface area contributed by atoms with Crippen LogP contribution in [0, 0.1) is 0 Å². The van der Waals surface area contributed by atoms with Crippen LogP contribution in [0.1, 0.15) is 18.4 Å². The first-order chi connectivity index (χ1) is 10.3. The standard InChI is InChI=1S/C14H16Cl3NO4/c15-14(16,17)9-22-13(20)11(18)6-7-12(19)21-8-10-4-2-1-3-5-10/h1-5,11H,6-9,18H2/t11-/m0/s1. The van der Waals surface area contributed by atoms with Crippen molar-refractivity contribution in [3.8, 4) is 0 Å². The first kappa shape index (κ1) is 19.0. The molecule has 1 rings (SSSR count). The zero-order chi connectivity index (χ0) is 16.6. The number of halogens is 3. The molecule has 0 saturated heterocycles. The van der Waals surface area contributed by atoms with Gasteiger partial charge in [-0.05, 0) is 12.0 Å². The third-order valence-electron chi connectivity index (χ3n) is 2.58. The van der Waals surface area contributed by atoms with Crippen LogP contribution in [0.5, 0.6) is 0 Å². The van der Waals surface area contributed by atoms with Crippen LogP contribution in [0.2, 0.25) is 0 Å². The number of nitrogens with two attached hydrogens (primary N) is 1. The highest BCUT2D eigenvalue weighted by Gasteiger charge is 2.24. The molecule has 1 aromatic rings. The Morgan fingerprint density at radius 3 is 2.36 bits per heavy atom. The Bertz CT molecular complexity index is 491. The van der Waals surface area contributed by atoms with Crippen LogP contribution >= 0.6 is 34.8 Å². The fraction of sp³-hybridized carbons (Fsp3) is 0.429. The minimum atomic E-state index is -1.69. The van der Waals surface area contributed by atoms with Crippen molar-refractivity contribution in [1.82, 2.24) is 0 Å². The van der Waals surface area contributed by atoms with Gasteiger partial charge in [-0.2, -0.15) is 0 Å². The van der Waals surface area contributed by atoms with E-state index in [2.05, 4.69) is 0 Å². The molecule has 0 fully saturated rings. The van der Waals surface area contributed by atoms with Crippen molar-refractivity contribution in [2.75, 3.05) is 6.61 Å². The van der Waals surface area contributed by atoms with Crippen molar-refractivity contribution >= 4 is 46.7 Å². The zero-order valence-electron chi connectivity index (χ0n) is 11.6. The SMILES string of the molecule is N[C@@H](CCC(=O)OCc1ccccc1)C(=O)OCC(Cl)(Cl)Cl. The molecule has 22 heavy (non-hydrogen) atoms. The highest BCUT2D eigenvalue weighted by molar-refractivity contribution is 6.67. The van der Waals surface area contributed by atoms with Gasteiger partial charge in [0.1, 0.15) is 19.3 Å². The summed E-state index contributed by atoms with van der Waals surface area (Å²) >= 11 is 16.3. The number of esters is 2. The third-order valence-corrected chi connectivity index (χ3v) is 2.91. The number of ether oxygens (including phenoxy) is 2. The van der Waals surface area contributed by atoms with E-state index in [9.17, 15) is 9.59 Å². The number of alkyl halides is 3. The summed E-state index contributed by atoms with van der Waals surface area (Å²) in [5.41, 5.74) is 6.47. The maximum atomic E-state index is 11.6. The fourth-order valence-corrected chi connectivity index (χ4v) is 1.63. The van der Waals surface area contributed by atoms with Crippen molar-refractivity contribution in [2.45, 2.75) is 29.3 Å². The lowest BCUT2D eigenvalue weighted by atomic mass is 10.2. The van der Waals surface area contributed by atoms with E-state index in [4.69, 9.17) is 50.0 Å². The summed E-state index contributed by atoms with van der Waals surface area (Å²) in [5, 5.41) is 0. The topological polar surface area (TPSA) is 78.6 Å². The monoisotopic (exact) mass is 367 g/mol. The predicted octanol–water partition coefficient (Wildman–Crippen LogP) is 2.75. The molecule has 122 valence electrons. The average molecular weight is 369 g/mol. The lowest BCUT2D eigenvalue weighted by molar-refractivity contribution is -0.147. The summed E-state index contributed by atoms with van der Waals surface area (Å²) < 4.78 is 8.09. The summed E-state index contributed by atoms with van der Waals surface area (Å²) in [5.74, 6) is -1.18. The van der Waals surface area contributed by atoms with Crippen LogP contribution in [0.15, 0.2) is 30.3 Å². The molecule has 0 aromatic heterocycles. The lowest BCUT2D eigenvalue weighted by Crippen LogP contribution is -2.34. The second-order valence-electron chi connectivity index (χ2n) is 4.51. The van der Waals surface area contributed by atoms with E-state index in [0.717, 1.165) is 5.56 Å². The Labute approximate surface area is 143 Å². The summed E-state index contributed by atoms with van der Waals surface area (Å²) in [6.07, 6.45) is 0.0865. The van der Waals surface area contributed by atoms with E-state index >= 15 is 0 Å². The largest absolute Gasteiger partial charge is 0.461 e. The van der Waals surface area contributed by atoms with Gasteiger partial charge in [0.2, 0.25) is 3.79 Å². The molecule has 0 spiro atoms. The van der Waals surface area contributed by atoms with Crippen molar-refractivity contribution < 1.29 is 19.1 Å². The predicted molar refractivity (Wildman–Crippen MR) is 84.7 cm³/mol. The second-order valence-corrected chi connectivity index (χ2v) is 7.03. The van der Waals surface area contributed by atoms with E-state index in [0.29, 0.717) is 0 Å². The molecular formula is C14H16Cl3NO4. The maximum absolute atomic E-state index is 11.6. The molecule has 0 unspecified atom stereocenters. The van der Waals surface area contributed by atoms with E-state index in [-0.39, 0.29) is 19.4 Å². The Balaban J connectivity index is 2.24. The highest BCUT2D eigenvalue weighted by atomic mass is 35.6. The van der Waals surface area contributed by atoms with Crippen LogP contribution < -0.4 is 5.73 Å². The van der Waals surface area contributed by atoms with Gasteiger partial charge in [0.15, 0.2) is 0 Å². The molecule has 0 amide bonds. The minimum Gasteiger partial charge on any atom is -0.461 e. The zero-order valence-corrected chi connectivity index (χ0v) is 13.9. The quantitative estimate of drug-likeness (QED) is 0.591. The van der Waals surface area contributed by atoms with Crippen molar-refractivity contribution in [3.05, 3.63) is 35.9 Å². The summed E-state index contributed by atoms with van der Waals surface area (Å²) in [6.45, 7) is -0.227. The minimum absolute atomic E-state index is 0.00311. The van der Waals surface area contributed by atoms with Crippen molar-refractivity contribution in [3.63, 3.8) is 0 Å². The number of carbonyl (C=O) groups is 2. The van der Waals surface area contributed by atoms with Crippen molar-refractivity contribution in [1.29, 1.82) is 0 Å². The second kappa shape index (κ2) is 9.20. The number of benzene rings is 1. The van der Waals surface area contributed by atoms with Crippen LogP contribution in [0.25, 0.3) is 0 Å². The summed E-state index contributed by atoms with van der Waals surface area (Å²) in [6, 6.07) is 8.27. The van der Waals surface area contributed by atoms with Gasteiger partial charge in [0.05, 0.1) is 0 Å². The Kier molecular flexibility index (Phi) is 7.96. The van der Waals surface area contributed by atoms with Crippen LogP contribution in [0.4, 0.5) is 0 Å². The van der Waals surface area contributed by atoms with Gasteiger partial charge >= 0.3 is 11.9 Å². The van der Waals surface area contributed by atoms with E-state index in [1.54, 1.807) is 0 Å². The van der Waals surface area contributed by atoms with Gasteiger partial charge in [-0.3, -0.25) is 9.59 Å². The van der Waals surface area contributed by atoms with Gasteiger partial charge in [-0.25, -0.2) is 0 Å². The number of carbonyl (C=O) groups excluding carboxylic acids is 2. The van der Waals surface area contributed by atoms with Crippen LogP contribution in [0.3, 0.4) is 0 Å². The fourth-order valence-electron chi connectivity index (χ4n) is 1.46. The smallest absolute Gasteiger partial charge is 0.323 e. The van der Waals surface area contributed by atoms with E-state index in [1.807, 2.05) is 30.3 Å². The molecule has 0 aliphatic carbocycles. The first-order valence-corrected chi connectivity index (χ1v) is 7.60. The van der Waals surface area contributed by atoms with Gasteiger partial charge in [0.25, 0.3) is 0 Å². The molecule has 1 atom stereocenters. The van der Waals surface area contributed by atoms with Gasteiger partial charge in [0, 0.05) is 6.42 Å². The summed E-state index contributed by atoms with van der Waals surface area (Å²) in [7, 11) is 0. The number of hydrogen-bond donors (Lipinski definition) is 1. The number of rotatable bonds is 7. The van der Waals surface area contributed by atoms with Gasteiger partial charge < -0.3 is 15.2 Å². The van der Waals surface area contributed by atoms with Gasteiger partial charge in [-0.15, -0.1) is 0 Å². The van der Waals surface area contributed by atoms with Crippen LogP contribution in [-0.4, -0.2) is 28.4 Å². The van der Waals surface area contributed by atoms with E-state index < -0.39 is 28.4 Å². The molecule has 2 N–H and O–H groups in total. The van der Waals surface area contributed by atoms with Crippen LogP contribution in [-0.2, 0) is 25.7 Å². The maximum Gasteiger partial charge on any atom is 0.323 e. The molecule has 5 nitrogen and oxygen atoms in total. The molecule has 8 heteroatoms. The van der Waals surface area contributed by atoms with E-state index in [1.165, 1.54) is 0 Å². The molecule has 0 aliphatic rings. The highest BCUT2D eigenvalue weighted by Crippen LogP contribution is 2.26. The van der Waals surface area contributed by atoms with Gasteiger partial charge in [-0.1, -0.05) is 65.1 Å². The molecule has 1 aromatic carbocycles. The third kappa shape index (κ3) is 8.44. The lowest BCUT2D eigenvalue weighted by Gasteiger charge is -2.14. The molecule has 0 radical (unpaired) electrons. The summed E-state index contributed by atoms with van der Waals surface area (Å²) in [4.78, 5) is 23.1. The molecule has 0 heterocycles. The Hall–Kier alpha value is -1.01. The molecule has 0 saturated carbocycles. The molecule has 0 aliphatic heterocycles. The molecular weight excluding hydrogens is 353 g/mol.